The summed E-state index contributed by atoms with van der Waals surface area (Å²) in [5.74, 6) is 1.23. The van der Waals surface area contributed by atoms with E-state index in [1.54, 1.807) is 0 Å². The molecule has 0 amide bonds. The van der Waals surface area contributed by atoms with Gasteiger partial charge in [0.2, 0.25) is 0 Å². The van der Waals surface area contributed by atoms with Crippen LogP contribution in [0.25, 0.3) is 17.2 Å². The van der Waals surface area contributed by atoms with E-state index in [0.29, 0.717) is 11.8 Å². The Kier molecular flexibility index (Phi) is 4.00. The standard InChI is InChI=1S/C25H26/c1-16(2)23-11-10-21-14-20(9-12-24(21)23)22-13-18(4)25(15-22)19-7-5-17(3)6-8-19/h5-12,14-16,23H,13H2,1-4H3. The summed E-state index contributed by atoms with van der Waals surface area (Å²) in [5, 5.41) is 0. The van der Waals surface area contributed by atoms with E-state index in [1.165, 1.54) is 44.5 Å². The van der Waals surface area contributed by atoms with Crippen molar-refractivity contribution in [3.05, 3.63) is 88.0 Å². The molecule has 0 saturated carbocycles. The molecule has 0 saturated heterocycles. The van der Waals surface area contributed by atoms with Crippen LogP contribution in [0.1, 0.15) is 60.9 Å². The third-order valence-electron chi connectivity index (χ3n) is 5.61. The van der Waals surface area contributed by atoms with Crippen molar-refractivity contribution >= 4 is 17.2 Å². The number of hydrogen-bond acceptors (Lipinski definition) is 0. The molecule has 2 aromatic rings. The Labute approximate surface area is 151 Å². The Balaban J connectivity index is 1.65. The molecule has 4 rings (SSSR count). The predicted octanol–water partition coefficient (Wildman–Crippen LogP) is 7.02. The number of benzene rings is 2. The molecular formula is C25H26. The van der Waals surface area contributed by atoms with Crippen molar-refractivity contribution in [1.82, 2.24) is 0 Å². The van der Waals surface area contributed by atoms with Crippen molar-refractivity contribution in [2.45, 2.75) is 40.0 Å². The first kappa shape index (κ1) is 16.1. The van der Waals surface area contributed by atoms with E-state index in [0.717, 1.165) is 6.42 Å². The molecule has 2 aliphatic rings. The summed E-state index contributed by atoms with van der Waals surface area (Å²) >= 11 is 0. The number of rotatable bonds is 3. The van der Waals surface area contributed by atoms with Gasteiger partial charge in [0.15, 0.2) is 0 Å². The zero-order valence-electron chi connectivity index (χ0n) is 15.6. The number of fused-ring (bicyclic) bond motifs is 1. The topological polar surface area (TPSA) is 0 Å². The van der Waals surface area contributed by atoms with Gasteiger partial charge in [-0.05, 0) is 65.7 Å². The minimum atomic E-state index is 0.574. The fourth-order valence-electron chi connectivity index (χ4n) is 4.09. The maximum Gasteiger partial charge on any atom is 0.00502 e. The molecule has 1 unspecified atom stereocenters. The van der Waals surface area contributed by atoms with Gasteiger partial charge in [0.05, 0.1) is 0 Å². The van der Waals surface area contributed by atoms with E-state index in [4.69, 9.17) is 0 Å². The van der Waals surface area contributed by atoms with Gasteiger partial charge in [-0.15, -0.1) is 0 Å². The van der Waals surface area contributed by atoms with Crippen LogP contribution in [-0.2, 0) is 0 Å². The van der Waals surface area contributed by atoms with Gasteiger partial charge in [0.25, 0.3) is 0 Å². The van der Waals surface area contributed by atoms with Crippen LogP contribution in [0, 0.1) is 12.8 Å². The summed E-state index contributed by atoms with van der Waals surface area (Å²) in [7, 11) is 0. The second-order valence-corrected chi connectivity index (χ2v) is 7.88. The van der Waals surface area contributed by atoms with E-state index in [9.17, 15) is 0 Å². The predicted molar refractivity (Wildman–Crippen MR) is 109 cm³/mol. The first-order valence-corrected chi connectivity index (χ1v) is 9.33. The average molecular weight is 326 g/mol. The molecule has 1 atom stereocenters. The smallest absolute Gasteiger partial charge is 0.00502 e. The Hall–Kier alpha value is -2.34. The molecular weight excluding hydrogens is 300 g/mol. The number of aryl methyl sites for hydroxylation is 1. The Morgan fingerprint density at radius 1 is 0.920 bits per heavy atom. The lowest BCUT2D eigenvalue weighted by atomic mass is 9.89. The molecule has 25 heavy (non-hydrogen) atoms. The summed E-state index contributed by atoms with van der Waals surface area (Å²) in [6.45, 7) is 9.02. The Morgan fingerprint density at radius 2 is 1.64 bits per heavy atom. The highest BCUT2D eigenvalue weighted by atomic mass is 14.3. The van der Waals surface area contributed by atoms with Crippen LogP contribution in [0.15, 0.2) is 60.2 Å². The Bertz CT molecular complexity index is 902. The van der Waals surface area contributed by atoms with Crippen LogP contribution in [-0.4, -0.2) is 0 Å². The third kappa shape index (κ3) is 2.91. The van der Waals surface area contributed by atoms with Crippen molar-refractivity contribution in [1.29, 1.82) is 0 Å². The third-order valence-corrected chi connectivity index (χ3v) is 5.61. The lowest BCUT2D eigenvalue weighted by Gasteiger charge is -2.15. The summed E-state index contributed by atoms with van der Waals surface area (Å²) in [6, 6.07) is 15.9. The molecule has 0 radical (unpaired) electrons. The molecule has 2 aromatic carbocycles. The lowest BCUT2D eigenvalue weighted by Crippen LogP contribution is -2.01. The van der Waals surface area contributed by atoms with Gasteiger partial charge in [-0.3, -0.25) is 0 Å². The summed E-state index contributed by atoms with van der Waals surface area (Å²) in [4.78, 5) is 0. The van der Waals surface area contributed by atoms with Gasteiger partial charge in [-0.1, -0.05) is 79.6 Å². The molecule has 0 fully saturated rings. The first-order chi connectivity index (χ1) is 12.0. The fourth-order valence-corrected chi connectivity index (χ4v) is 4.09. The minimum Gasteiger partial charge on any atom is -0.0761 e. The Morgan fingerprint density at radius 3 is 2.36 bits per heavy atom. The molecule has 0 heteroatoms. The lowest BCUT2D eigenvalue weighted by molar-refractivity contribution is 0.584. The number of allylic oxidation sites excluding steroid dienone is 5. The van der Waals surface area contributed by atoms with E-state index < -0.39 is 0 Å². The van der Waals surface area contributed by atoms with Crippen LogP contribution in [0.5, 0.6) is 0 Å². The van der Waals surface area contributed by atoms with Crippen LogP contribution < -0.4 is 0 Å². The van der Waals surface area contributed by atoms with E-state index in [1.807, 2.05) is 0 Å². The molecule has 0 spiro atoms. The van der Waals surface area contributed by atoms with Crippen molar-refractivity contribution in [3.63, 3.8) is 0 Å². The zero-order valence-corrected chi connectivity index (χ0v) is 15.6. The molecule has 0 nitrogen and oxygen atoms in total. The molecule has 0 bridgehead atoms. The highest BCUT2D eigenvalue weighted by molar-refractivity contribution is 5.92. The largest absolute Gasteiger partial charge is 0.0761 e. The monoisotopic (exact) mass is 326 g/mol. The SMILES string of the molecule is CC1=C(c2ccc(C)cc2)C=C(c2ccc3c(c2)C=CC3C(C)C)C1. The van der Waals surface area contributed by atoms with Crippen molar-refractivity contribution in [3.8, 4) is 0 Å². The van der Waals surface area contributed by atoms with Crippen LogP contribution in [0.2, 0.25) is 0 Å². The summed E-state index contributed by atoms with van der Waals surface area (Å²) in [6.07, 6.45) is 8.11. The fraction of sp³-hybridized carbons (Fsp3) is 0.280. The maximum atomic E-state index is 2.39. The normalized spacial score (nSPS) is 18.9. The van der Waals surface area contributed by atoms with Gasteiger partial charge in [-0.25, -0.2) is 0 Å². The zero-order chi connectivity index (χ0) is 17.6. The second-order valence-electron chi connectivity index (χ2n) is 7.88. The first-order valence-electron chi connectivity index (χ1n) is 9.33. The van der Waals surface area contributed by atoms with Gasteiger partial charge >= 0.3 is 0 Å². The van der Waals surface area contributed by atoms with Gasteiger partial charge < -0.3 is 0 Å². The molecule has 0 N–H and O–H groups in total. The second kappa shape index (κ2) is 6.19. The van der Waals surface area contributed by atoms with Gasteiger partial charge in [-0.2, -0.15) is 0 Å². The highest BCUT2D eigenvalue weighted by Crippen LogP contribution is 2.40. The van der Waals surface area contributed by atoms with Crippen LogP contribution in [0.4, 0.5) is 0 Å². The quantitative estimate of drug-likeness (QED) is 0.568. The number of hydrogen-bond donors (Lipinski definition) is 0. The van der Waals surface area contributed by atoms with E-state index in [2.05, 4.69) is 88.4 Å². The van der Waals surface area contributed by atoms with Crippen LogP contribution in [0.3, 0.4) is 0 Å². The van der Waals surface area contributed by atoms with Crippen molar-refractivity contribution in [2.24, 2.45) is 5.92 Å². The average Bonchev–Trinajstić information content (AvgIpc) is 3.18. The van der Waals surface area contributed by atoms with Crippen LogP contribution >= 0.6 is 0 Å². The molecule has 0 aliphatic heterocycles. The van der Waals surface area contributed by atoms with E-state index >= 15 is 0 Å². The maximum absolute atomic E-state index is 2.39. The molecule has 2 aliphatic carbocycles. The summed E-state index contributed by atoms with van der Waals surface area (Å²) < 4.78 is 0. The minimum absolute atomic E-state index is 0.574. The van der Waals surface area contributed by atoms with Crippen molar-refractivity contribution < 1.29 is 0 Å². The van der Waals surface area contributed by atoms with Crippen molar-refractivity contribution in [2.75, 3.05) is 0 Å². The van der Waals surface area contributed by atoms with Gasteiger partial charge in [0, 0.05) is 5.92 Å². The van der Waals surface area contributed by atoms with E-state index in [-0.39, 0.29) is 0 Å². The highest BCUT2D eigenvalue weighted by Gasteiger charge is 2.22. The van der Waals surface area contributed by atoms with Gasteiger partial charge in [0.1, 0.15) is 0 Å². The molecule has 0 aromatic heterocycles. The summed E-state index contributed by atoms with van der Waals surface area (Å²) in [5.41, 5.74) is 11.2. The molecule has 126 valence electrons. The molecule has 0 heterocycles.